The van der Waals surface area contributed by atoms with Gasteiger partial charge in [0.1, 0.15) is 0 Å². The van der Waals surface area contributed by atoms with Crippen molar-refractivity contribution in [2.24, 2.45) is 0 Å². The van der Waals surface area contributed by atoms with Crippen molar-refractivity contribution < 1.29 is 0 Å². The van der Waals surface area contributed by atoms with Crippen LogP contribution in [0, 0.1) is 0 Å². The van der Waals surface area contributed by atoms with Crippen LogP contribution in [-0.4, -0.2) is 24.3 Å². The van der Waals surface area contributed by atoms with E-state index >= 15 is 0 Å². The molecule has 3 nitrogen and oxygen atoms in total. The molecule has 0 aliphatic heterocycles. The van der Waals surface area contributed by atoms with Gasteiger partial charge in [0.15, 0.2) is 11.0 Å². The standard InChI is InChI=1S/C9H14ClN3/c1-6(2)7-5-8(13(3)4)11-12-9(7)10/h5-6H,1-4H3. The van der Waals surface area contributed by atoms with E-state index in [9.17, 15) is 0 Å². The van der Waals surface area contributed by atoms with Crippen molar-refractivity contribution in [2.75, 3.05) is 19.0 Å². The third-order valence-electron chi connectivity index (χ3n) is 1.84. The molecule has 0 aliphatic rings. The van der Waals surface area contributed by atoms with E-state index < -0.39 is 0 Å². The van der Waals surface area contributed by atoms with E-state index in [0.717, 1.165) is 11.4 Å². The highest BCUT2D eigenvalue weighted by molar-refractivity contribution is 6.30. The van der Waals surface area contributed by atoms with Crippen molar-refractivity contribution in [1.82, 2.24) is 10.2 Å². The van der Waals surface area contributed by atoms with Crippen LogP contribution in [0.15, 0.2) is 6.07 Å². The molecule has 4 heteroatoms. The zero-order chi connectivity index (χ0) is 10.0. The monoisotopic (exact) mass is 199 g/mol. The SMILES string of the molecule is CC(C)c1cc(N(C)C)nnc1Cl. The first-order valence-electron chi connectivity index (χ1n) is 4.22. The van der Waals surface area contributed by atoms with Crippen LogP contribution in [0.2, 0.25) is 5.15 Å². The first-order chi connectivity index (χ1) is 6.02. The maximum atomic E-state index is 5.90. The van der Waals surface area contributed by atoms with Crippen LogP contribution in [0.4, 0.5) is 5.82 Å². The van der Waals surface area contributed by atoms with Gasteiger partial charge in [0.05, 0.1) is 0 Å². The molecule has 0 N–H and O–H groups in total. The van der Waals surface area contributed by atoms with Gasteiger partial charge in [-0.3, -0.25) is 0 Å². The van der Waals surface area contributed by atoms with E-state index in [2.05, 4.69) is 24.0 Å². The lowest BCUT2D eigenvalue weighted by Gasteiger charge is -2.13. The molecule has 0 saturated heterocycles. The molecular formula is C9H14ClN3. The van der Waals surface area contributed by atoms with E-state index in [-0.39, 0.29) is 0 Å². The van der Waals surface area contributed by atoms with Crippen molar-refractivity contribution in [3.8, 4) is 0 Å². The number of aromatic nitrogens is 2. The summed E-state index contributed by atoms with van der Waals surface area (Å²) < 4.78 is 0. The van der Waals surface area contributed by atoms with Gasteiger partial charge in [-0.05, 0) is 17.5 Å². The van der Waals surface area contributed by atoms with Gasteiger partial charge in [0.25, 0.3) is 0 Å². The number of hydrogen-bond acceptors (Lipinski definition) is 3. The molecule has 0 aromatic carbocycles. The molecule has 0 bridgehead atoms. The van der Waals surface area contributed by atoms with Crippen LogP contribution in [0.1, 0.15) is 25.3 Å². The van der Waals surface area contributed by atoms with Crippen molar-refractivity contribution in [2.45, 2.75) is 19.8 Å². The van der Waals surface area contributed by atoms with Crippen LogP contribution >= 0.6 is 11.6 Å². The van der Waals surface area contributed by atoms with Gasteiger partial charge in [-0.25, -0.2) is 0 Å². The van der Waals surface area contributed by atoms with Crippen molar-refractivity contribution >= 4 is 17.4 Å². The summed E-state index contributed by atoms with van der Waals surface area (Å²) in [5.74, 6) is 1.22. The molecule has 0 atom stereocenters. The van der Waals surface area contributed by atoms with E-state index in [4.69, 9.17) is 11.6 Å². The topological polar surface area (TPSA) is 29.0 Å². The number of hydrogen-bond donors (Lipinski definition) is 0. The summed E-state index contributed by atoms with van der Waals surface area (Å²) in [5.41, 5.74) is 1.04. The Balaban J connectivity index is 3.11. The average Bonchev–Trinajstić information content (AvgIpc) is 2.04. The van der Waals surface area contributed by atoms with Gasteiger partial charge >= 0.3 is 0 Å². The molecular weight excluding hydrogens is 186 g/mol. The fourth-order valence-corrected chi connectivity index (χ4v) is 1.31. The van der Waals surface area contributed by atoms with Crippen LogP contribution in [0.25, 0.3) is 0 Å². The van der Waals surface area contributed by atoms with E-state index in [1.54, 1.807) is 0 Å². The minimum Gasteiger partial charge on any atom is -0.361 e. The molecule has 13 heavy (non-hydrogen) atoms. The van der Waals surface area contributed by atoms with Crippen LogP contribution < -0.4 is 4.90 Å². The first-order valence-corrected chi connectivity index (χ1v) is 4.60. The molecule has 0 aliphatic carbocycles. The molecule has 1 rings (SSSR count). The van der Waals surface area contributed by atoms with Gasteiger partial charge in [-0.2, -0.15) is 0 Å². The molecule has 0 radical (unpaired) electrons. The van der Waals surface area contributed by atoms with Gasteiger partial charge in [0, 0.05) is 14.1 Å². The second-order valence-corrected chi connectivity index (χ2v) is 3.86. The van der Waals surface area contributed by atoms with Gasteiger partial charge in [-0.1, -0.05) is 25.4 Å². The Morgan fingerprint density at radius 3 is 2.38 bits per heavy atom. The average molecular weight is 200 g/mol. The Kier molecular flexibility index (Phi) is 3.09. The summed E-state index contributed by atoms with van der Waals surface area (Å²) >= 11 is 5.90. The van der Waals surface area contributed by atoms with Crippen molar-refractivity contribution in [1.29, 1.82) is 0 Å². The molecule has 0 amide bonds. The minimum atomic E-state index is 0.377. The maximum absolute atomic E-state index is 5.90. The highest BCUT2D eigenvalue weighted by Crippen LogP contribution is 2.23. The largest absolute Gasteiger partial charge is 0.361 e. The predicted octanol–water partition coefficient (Wildman–Crippen LogP) is 2.32. The number of anilines is 1. The fourth-order valence-electron chi connectivity index (χ4n) is 1.00. The van der Waals surface area contributed by atoms with E-state index in [0.29, 0.717) is 11.1 Å². The lowest BCUT2D eigenvalue weighted by atomic mass is 10.1. The summed E-state index contributed by atoms with van der Waals surface area (Å²) in [6.45, 7) is 4.17. The molecule has 72 valence electrons. The van der Waals surface area contributed by atoms with Crippen molar-refractivity contribution in [3.63, 3.8) is 0 Å². The van der Waals surface area contributed by atoms with Gasteiger partial charge < -0.3 is 4.90 Å². The Hall–Kier alpha value is -0.830. The lowest BCUT2D eigenvalue weighted by Crippen LogP contribution is -2.12. The maximum Gasteiger partial charge on any atom is 0.155 e. The normalized spacial score (nSPS) is 10.6. The summed E-state index contributed by atoms with van der Waals surface area (Å²) in [6.07, 6.45) is 0. The van der Waals surface area contributed by atoms with Crippen molar-refractivity contribution in [3.05, 3.63) is 16.8 Å². The summed E-state index contributed by atoms with van der Waals surface area (Å²) in [7, 11) is 3.87. The Bertz CT molecular complexity index is 297. The van der Waals surface area contributed by atoms with Crippen LogP contribution in [-0.2, 0) is 0 Å². The van der Waals surface area contributed by atoms with Gasteiger partial charge in [0.2, 0.25) is 0 Å². The predicted molar refractivity (Wildman–Crippen MR) is 55.5 cm³/mol. The van der Waals surface area contributed by atoms with E-state index in [1.165, 1.54) is 0 Å². The number of halogens is 1. The highest BCUT2D eigenvalue weighted by atomic mass is 35.5. The fraction of sp³-hybridized carbons (Fsp3) is 0.556. The second kappa shape index (κ2) is 3.92. The zero-order valence-electron chi connectivity index (χ0n) is 8.37. The van der Waals surface area contributed by atoms with E-state index in [1.807, 2.05) is 25.1 Å². The Labute approximate surface area is 83.7 Å². The van der Waals surface area contributed by atoms with Crippen LogP contribution in [0.3, 0.4) is 0 Å². The minimum absolute atomic E-state index is 0.377. The molecule has 1 aromatic rings. The summed E-state index contributed by atoms with van der Waals surface area (Å²) in [5, 5.41) is 8.36. The first kappa shape index (κ1) is 10.3. The third-order valence-corrected chi connectivity index (χ3v) is 2.14. The molecule has 0 saturated carbocycles. The summed E-state index contributed by atoms with van der Waals surface area (Å²) in [4.78, 5) is 1.91. The third kappa shape index (κ3) is 2.31. The zero-order valence-corrected chi connectivity index (χ0v) is 9.13. The molecule has 1 aromatic heterocycles. The lowest BCUT2D eigenvalue weighted by molar-refractivity contribution is 0.835. The molecule has 0 fully saturated rings. The summed E-state index contributed by atoms with van der Waals surface area (Å²) in [6, 6.07) is 1.97. The van der Waals surface area contributed by atoms with Gasteiger partial charge in [-0.15, -0.1) is 10.2 Å². The van der Waals surface area contributed by atoms with Crippen LogP contribution in [0.5, 0.6) is 0 Å². The number of rotatable bonds is 2. The number of nitrogens with zero attached hydrogens (tertiary/aromatic N) is 3. The Morgan fingerprint density at radius 2 is 1.92 bits per heavy atom. The molecule has 0 unspecified atom stereocenters. The Morgan fingerprint density at radius 1 is 1.31 bits per heavy atom. The molecule has 1 heterocycles. The highest BCUT2D eigenvalue weighted by Gasteiger charge is 2.09. The molecule has 0 spiro atoms. The second-order valence-electron chi connectivity index (χ2n) is 3.50. The smallest absolute Gasteiger partial charge is 0.155 e. The quantitative estimate of drug-likeness (QED) is 0.732.